The Bertz CT molecular complexity index is 1510. The second kappa shape index (κ2) is 68.5. The van der Waals surface area contributed by atoms with E-state index >= 15 is 0 Å². The molecule has 0 heterocycles. The Morgan fingerprint density at radius 3 is 0.522 bits per heavy atom. The molecule has 548 valence electrons. The van der Waals surface area contributed by atoms with Crippen LogP contribution < -0.4 is 22.9 Å². The highest BCUT2D eigenvalue weighted by Crippen LogP contribution is 2.22. The van der Waals surface area contributed by atoms with Gasteiger partial charge in [-0.25, -0.2) is 0 Å². The van der Waals surface area contributed by atoms with Gasteiger partial charge in [-0.05, 0) is 58.3 Å². The van der Waals surface area contributed by atoms with Crippen molar-refractivity contribution in [2.45, 2.75) is 104 Å². The fourth-order valence-corrected chi connectivity index (χ4v) is 6.78. The highest BCUT2D eigenvalue weighted by atomic mass is 16.6. The standard InChI is InChI=1S/C41H80N4O8.C21H48N4O8.C5H10O/c1-33(2)37(9)42-13-17-46-21-25-50-29-41(30-51-26-22-47-18-14-43-38(10)34(3)4,31-52-27-23-48-19-15-44-39(11)35(5)6)32-53-28-24-49-20-16-45-40(12)36(7)8;22-1-5-26-9-13-30-17-21(18-31-14-10-27-6-2-23,19-32-15-11-28-7-3-24)20-33-16-12-29-8-4-25;1-4(2)5(3)6/h33-36H,13-32H2,1-12H3;1-20,22-25H2;4H,1-3H3. The highest BCUT2D eigenvalue weighted by molar-refractivity contribution is 5.84. The summed E-state index contributed by atoms with van der Waals surface area (Å²) in [4.78, 5) is 28.4. The quantitative estimate of drug-likeness (QED) is 0.0416. The lowest BCUT2D eigenvalue weighted by molar-refractivity contribution is -0.121. The maximum Gasteiger partial charge on any atom is 0.132 e. The fourth-order valence-electron chi connectivity index (χ4n) is 6.78. The molecule has 0 aromatic carbocycles. The van der Waals surface area contributed by atoms with Gasteiger partial charge >= 0.3 is 0 Å². The van der Waals surface area contributed by atoms with Crippen LogP contribution in [0.15, 0.2) is 20.0 Å². The van der Waals surface area contributed by atoms with Crippen LogP contribution in [0.3, 0.4) is 0 Å². The molecule has 0 aromatic heterocycles. The minimum atomic E-state index is -0.561. The Morgan fingerprint density at radius 2 is 0.391 bits per heavy atom. The molecule has 0 rings (SSSR count). The molecule has 0 bridgehead atoms. The molecule has 0 fully saturated rings. The number of aliphatic imine (C=N–C) groups is 4. The number of carbonyl (C=O) groups excluding carboxylic acids is 1. The lowest BCUT2D eigenvalue weighted by atomic mass is 9.92. The van der Waals surface area contributed by atoms with Gasteiger partial charge in [0.15, 0.2) is 0 Å². The zero-order valence-corrected chi connectivity index (χ0v) is 60.7. The Balaban J connectivity index is -0.00000172. The maximum atomic E-state index is 10.1. The van der Waals surface area contributed by atoms with Crippen LogP contribution >= 0.6 is 0 Å². The van der Waals surface area contributed by atoms with Gasteiger partial charge in [-0.2, -0.15) is 0 Å². The first-order valence-electron chi connectivity index (χ1n) is 33.8. The van der Waals surface area contributed by atoms with Crippen molar-refractivity contribution in [1.82, 2.24) is 0 Å². The molecular weight excluding hydrogens is 1190 g/mol. The zero-order chi connectivity index (χ0) is 69.2. The van der Waals surface area contributed by atoms with Gasteiger partial charge in [0.05, 0.1) is 248 Å². The molecule has 8 N–H and O–H groups in total. The molecule has 0 amide bonds. The Kier molecular flexibility index (Phi) is 69.8. The summed E-state index contributed by atoms with van der Waals surface area (Å²) in [6.07, 6.45) is 0. The topological polar surface area (TPSA) is 318 Å². The summed E-state index contributed by atoms with van der Waals surface area (Å²) in [5.41, 5.74) is 25.2. The zero-order valence-electron chi connectivity index (χ0n) is 60.7. The minimum absolute atomic E-state index is 0.213. The molecule has 0 unspecified atom stereocenters. The average Bonchev–Trinajstić information content (AvgIpc) is 2.02. The monoisotopic (exact) mass is 1330 g/mol. The van der Waals surface area contributed by atoms with Crippen molar-refractivity contribution in [3.63, 3.8) is 0 Å². The van der Waals surface area contributed by atoms with Gasteiger partial charge in [0.25, 0.3) is 0 Å². The van der Waals surface area contributed by atoms with Crippen molar-refractivity contribution in [3.8, 4) is 0 Å². The lowest BCUT2D eigenvalue weighted by Gasteiger charge is -2.33. The second-order valence-corrected chi connectivity index (χ2v) is 24.0. The van der Waals surface area contributed by atoms with E-state index in [0.29, 0.717) is 287 Å². The van der Waals surface area contributed by atoms with E-state index in [0.717, 1.165) is 22.8 Å². The number of Topliss-reactive ketones (excluding diaryl/α,β-unsaturated/α-hetero) is 1. The summed E-state index contributed by atoms with van der Waals surface area (Å²) in [5, 5.41) is 0. The van der Waals surface area contributed by atoms with Crippen LogP contribution in [-0.2, 0) is 80.6 Å². The molecule has 0 saturated carbocycles. The molecule has 0 saturated heterocycles. The van der Waals surface area contributed by atoms with Gasteiger partial charge < -0.3 is 98.7 Å². The molecule has 0 atom stereocenters. The first-order valence-corrected chi connectivity index (χ1v) is 33.8. The average molecular weight is 1330 g/mol. The van der Waals surface area contributed by atoms with Crippen molar-refractivity contribution < 1.29 is 80.6 Å². The Hall–Kier alpha value is -2.45. The number of ether oxygens (including phenoxy) is 16. The van der Waals surface area contributed by atoms with E-state index in [1.807, 2.05) is 13.8 Å². The second-order valence-electron chi connectivity index (χ2n) is 24.0. The van der Waals surface area contributed by atoms with Crippen LogP contribution in [0.4, 0.5) is 0 Å². The van der Waals surface area contributed by atoms with Crippen molar-refractivity contribution in [2.24, 2.45) is 83.3 Å². The van der Waals surface area contributed by atoms with Crippen LogP contribution in [0.2, 0.25) is 0 Å². The molecule has 0 aliphatic rings. The first kappa shape index (κ1) is 93.7. The third kappa shape index (κ3) is 63.6. The van der Waals surface area contributed by atoms with Gasteiger partial charge in [-0.15, -0.1) is 0 Å². The maximum absolute atomic E-state index is 10.1. The van der Waals surface area contributed by atoms with Crippen molar-refractivity contribution in [3.05, 3.63) is 0 Å². The van der Waals surface area contributed by atoms with Gasteiger partial charge in [0, 0.05) is 54.9 Å². The number of nitrogens with zero attached hydrogens (tertiary/aromatic N) is 4. The van der Waals surface area contributed by atoms with Crippen LogP contribution in [0, 0.1) is 40.4 Å². The van der Waals surface area contributed by atoms with Gasteiger partial charge in [-0.3, -0.25) is 24.8 Å². The van der Waals surface area contributed by atoms with Crippen molar-refractivity contribution in [1.29, 1.82) is 0 Å². The summed E-state index contributed by atoms with van der Waals surface area (Å²) in [6.45, 7) is 49.7. The third-order valence-corrected chi connectivity index (χ3v) is 13.8. The molecule has 0 radical (unpaired) electrons. The molecule has 0 aromatic rings. The number of hydrogen-bond acceptors (Lipinski definition) is 25. The van der Waals surface area contributed by atoms with E-state index in [4.69, 9.17) is 98.7 Å². The Labute approximate surface area is 558 Å². The summed E-state index contributed by atoms with van der Waals surface area (Å²) in [7, 11) is 0. The number of rotatable bonds is 65. The van der Waals surface area contributed by atoms with E-state index in [1.54, 1.807) is 6.92 Å². The van der Waals surface area contributed by atoms with Crippen molar-refractivity contribution in [2.75, 3.05) is 264 Å². The van der Waals surface area contributed by atoms with E-state index in [9.17, 15) is 4.79 Å². The highest BCUT2D eigenvalue weighted by Gasteiger charge is 2.34. The van der Waals surface area contributed by atoms with Gasteiger partial charge in [0.2, 0.25) is 0 Å². The van der Waals surface area contributed by atoms with Gasteiger partial charge in [-0.1, -0.05) is 69.2 Å². The predicted octanol–water partition coefficient (Wildman–Crippen LogP) is 5.74. The summed E-state index contributed by atoms with van der Waals surface area (Å²) in [5.74, 6) is 2.24. The Morgan fingerprint density at radius 1 is 0.250 bits per heavy atom. The summed E-state index contributed by atoms with van der Waals surface area (Å²) in [6, 6.07) is 0. The van der Waals surface area contributed by atoms with Crippen molar-refractivity contribution >= 4 is 28.6 Å². The van der Waals surface area contributed by atoms with E-state index in [1.165, 1.54) is 0 Å². The van der Waals surface area contributed by atoms with E-state index < -0.39 is 10.8 Å². The van der Waals surface area contributed by atoms with E-state index in [2.05, 4.69) is 103 Å². The SMILES string of the molecule is CC(=NCCOCCOCC(COCCOCCN=C(C)C(C)C)(COCCOCCN=C(C)C(C)C)COCCOCCN=C(C)C(C)C)C(C)C.CC(=O)C(C)C.NCCOCCOCC(COCCOCCN)(COCCOCCN)COCCOCCN. The van der Waals surface area contributed by atoms with Crippen LogP contribution in [0.25, 0.3) is 0 Å². The molecule has 0 aliphatic carbocycles. The molecule has 25 nitrogen and oxygen atoms in total. The largest absolute Gasteiger partial charge is 0.378 e. The predicted molar refractivity (Wildman–Crippen MR) is 371 cm³/mol. The summed E-state index contributed by atoms with van der Waals surface area (Å²) >= 11 is 0. The number of hydrogen-bond donors (Lipinski definition) is 4. The normalized spacial score (nSPS) is 13.4. The number of ketones is 1. The van der Waals surface area contributed by atoms with Crippen LogP contribution in [-0.4, -0.2) is 292 Å². The fraction of sp³-hybridized carbons (Fsp3) is 0.925. The number of nitrogens with two attached hydrogens (primary N) is 4. The smallest absolute Gasteiger partial charge is 0.132 e. The first-order chi connectivity index (χ1) is 44.2. The van der Waals surface area contributed by atoms with Crippen LogP contribution in [0.5, 0.6) is 0 Å². The summed E-state index contributed by atoms with van der Waals surface area (Å²) < 4.78 is 93.0. The molecule has 25 heteroatoms. The number of carbonyl (C=O) groups is 1. The minimum Gasteiger partial charge on any atom is -0.378 e. The van der Waals surface area contributed by atoms with Gasteiger partial charge in [0.1, 0.15) is 5.78 Å². The third-order valence-electron chi connectivity index (χ3n) is 13.8. The van der Waals surface area contributed by atoms with E-state index in [-0.39, 0.29) is 11.7 Å². The molecule has 92 heavy (non-hydrogen) atoms. The lowest BCUT2D eigenvalue weighted by Crippen LogP contribution is -2.43. The van der Waals surface area contributed by atoms with Crippen LogP contribution in [0.1, 0.15) is 104 Å². The molecule has 0 spiro atoms. The molecule has 0 aliphatic heterocycles. The molecular formula is C67H138N8O17.